The molecule has 1 heterocycles. The van der Waals surface area contributed by atoms with Crippen molar-refractivity contribution >= 4 is 21.8 Å². The van der Waals surface area contributed by atoms with E-state index in [1.165, 1.54) is 11.0 Å². The third-order valence-electron chi connectivity index (χ3n) is 2.99. The summed E-state index contributed by atoms with van der Waals surface area (Å²) >= 11 is 3.30. The highest BCUT2D eigenvalue weighted by Crippen LogP contribution is 2.17. The number of carbonyl (C=O) groups is 1. The molecule has 1 aliphatic heterocycles. The molecule has 1 aromatic carbocycles. The van der Waals surface area contributed by atoms with Gasteiger partial charge in [-0.25, -0.2) is 4.39 Å². The van der Waals surface area contributed by atoms with E-state index in [-0.39, 0.29) is 18.3 Å². The molecule has 1 N–H and O–H groups in total. The van der Waals surface area contributed by atoms with Gasteiger partial charge in [-0.05, 0) is 18.2 Å². The minimum absolute atomic E-state index is 0.133. The van der Waals surface area contributed by atoms with Crippen LogP contribution in [0.3, 0.4) is 0 Å². The quantitative estimate of drug-likeness (QED) is 0.914. The van der Waals surface area contributed by atoms with E-state index in [4.69, 9.17) is 4.74 Å². The van der Waals surface area contributed by atoms with Crippen molar-refractivity contribution in [1.29, 1.82) is 0 Å². The molecule has 104 valence electrons. The van der Waals surface area contributed by atoms with Crippen LogP contribution in [0.25, 0.3) is 0 Å². The summed E-state index contributed by atoms with van der Waals surface area (Å²) in [4.78, 5) is 13.6. The van der Waals surface area contributed by atoms with Crippen LogP contribution in [0.5, 0.6) is 0 Å². The first-order valence-electron chi connectivity index (χ1n) is 6.09. The summed E-state index contributed by atoms with van der Waals surface area (Å²) in [7, 11) is 1.65. The third-order valence-corrected chi connectivity index (χ3v) is 3.49. The molecule has 0 radical (unpaired) electrons. The van der Waals surface area contributed by atoms with Crippen LogP contribution in [-0.2, 0) is 16.1 Å². The molecule has 1 atom stereocenters. The molecule has 1 saturated heterocycles. The molecule has 1 aliphatic rings. The molecule has 2 rings (SSSR count). The van der Waals surface area contributed by atoms with Gasteiger partial charge < -0.3 is 15.0 Å². The zero-order valence-electron chi connectivity index (χ0n) is 10.7. The number of nitrogens with zero attached hydrogens (tertiary/aromatic N) is 1. The van der Waals surface area contributed by atoms with E-state index in [1.54, 1.807) is 19.2 Å². The Kier molecular flexibility index (Phi) is 4.90. The number of morpholine rings is 1. The number of benzene rings is 1. The maximum absolute atomic E-state index is 13.6. The zero-order chi connectivity index (χ0) is 13.8. The first-order chi connectivity index (χ1) is 9.08. The molecule has 19 heavy (non-hydrogen) atoms. The highest BCUT2D eigenvalue weighted by atomic mass is 79.9. The SMILES string of the molecule is CN(Cc1cc(Br)ccc1F)C(=O)C1CNCCO1. The van der Waals surface area contributed by atoms with Crippen molar-refractivity contribution in [2.75, 3.05) is 26.7 Å². The molecular formula is C13H16BrFN2O2. The van der Waals surface area contributed by atoms with Crippen LogP contribution < -0.4 is 5.32 Å². The predicted molar refractivity (Wildman–Crippen MR) is 73.2 cm³/mol. The van der Waals surface area contributed by atoms with Gasteiger partial charge in [-0.1, -0.05) is 15.9 Å². The minimum Gasteiger partial charge on any atom is -0.366 e. The molecule has 0 aromatic heterocycles. The zero-order valence-corrected chi connectivity index (χ0v) is 12.2. The molecular weight excluding hydrogens is 315 g/mol. The van der Waals surface area contributed by atoms with Crippen molar-refractivity contribution < 1.29 is 13.9 Å². The molecule has 1 aromatic rings. The van der Waals surface area contributed by atoms with Gasteiger partial charge in [-0.3, -0.25) is 4.79 Å². The Hall–Kier alpha value is -0.980. The van der Waals surface area contributed by atoms with E-state index < -0.39 is 6.10 Å². The summed E-state index contributed by atoms with van der Waals surface area (Å²) in [5.74, 6) is -0.447. The predicted octanol–water partition coefficient (Wildman–Crippen LogP) is 1.53. The van der Waals surface area contributed by atoms with Gasteiger partial charge in [0.1, 0.15) is 11.9 Å². The van der Waals surface area contributed by atoms with Crippen molar-refractivity contribution in [2.24, 2.45) is 0 Å². The maximum Gasteiger partial charge on any atom is 0.253 e. The molecule has 0 bridgehead atoms. The molecule has 0 saturated carbocycles. The second-order valence-electron chi connectivity index (χ2n) is 4.49. The number of rotatable bonds is 3. The van der Waals surface area contributed by atoms with Gasteiger partial charge >= 0.3 is 0 Å². The number of likely N-dealkylation sites (N-methyl/N-ethyl adjacent to an activating group) is 1. The lowest BCUT2D eigenvalue weighted by Crippen LogP contribution is -2.48. The van der Waals surface area contributed by atoms with Gasteiger partial charge in [0.2, 0.25) is 0 Å². The van der Waals surface area contributed by atoms with Crippen molar-refractivity contribution in [3.63, 3.8) is 0 Å². The number of hydrogen-bond donors (Lipinski definition) is 1. The molecule has 0 spiro atoms. The molecule has 6 heteroatoms. The molecule has 0 aliphatic carbocycles. The summed E-state index contributed by atoms with van der Waals surface area (Å²) in [5.41, 5.74) is 0.481. The lowest BCUT2D eigenvalue weighted by molar-refractivity contribution is -0.144. The first kappa shape index (κ1) is 14.4. The Balaban J connectivity index is 2.01. The monoisotopic (exact) mass is 330 g/mol. The maximum atomic E-state index is 13.6. The Bertz CT molecular complexity index is 464. The number of carbonyl (C=O) groups excluding carboxylic acids is 1. The highest BCUT2D eigenvalue weighted by molar-refractivity contribution is 9.10. The Morgan fingerprint density at radius 3 is 3.11 bits per heavy atom. The summed E-state index contributed by atoms with van der Waals surface area (Å²) in [6.07, 6.45) is -0.478. The van der Waals surface area contributed by atoms with Crippen molar-refractivity contribution in [3.05, 3.63) is 34.1 Å². The summed E-state index contributed by atoms with van der Waals surface area (Å²) < 4.78 is 19.8. The second-order valence-corrected chi connectivity index (χ2v) is 5.41. The van der Waals surface area contributed by atoms with Gasteiger partial charge in [0.15, 0.2) is 0 Å². The number of ether oxygens (including phenoxy) is 1. The molecule has 1 amide bonds. The number of nitrogens with one attached hydrogen (secondary N) is 1. The van der Waals surface area contributed by atoms with Crippen LogP contribution in [0.15, 0.2) is 22.7 Å². The first-order valence-corrected chi connectivity index (χ1v) is 6.88. The fraction of sp³-hybridized carbons (Fsp3) is 0.462. The Morgan fingerprint density at radius 2 is 2.42 bits per heavy atom. The van der Waals surface area contributed by atoms with Crippen molar-refractivity contribution in [2.45, 2.75) is 12.6 Å². The Morgan fingerprint density at radius 1 is 1.63 bits per heavy atom. The van der Waals surface area contributed by atoms with E-state index in [2.05, 4.69) is 21.2 Å². The topological polar surface area (TPSA) is 41.6 Å². The molecule has 4 nitrogen and oxygen atoms in total. The fourth-order valence-corrected chi connectivity index (χ4v) is 2.38. The third kappa shape index (κ3) is 3.75. The summed E-state index contributed by atoms with van der Waals surface area (Å²) in [6.45, 7) is 2.01. The minimum atomic E-state index is -0.478. The average Bonchev–Trinajstić information content (AvgIpc) is 2.43. The largest absolute Gasteiger partial charge is 0.366 e. The number of amides is 1. The number of halogens is 2. The van der Waals surface area contributed by atoms with Crippen molar-refractivity contribution in [1.82, 2.24) is 10.2 Å². The van der Waals surface area contributed by atoms with Crippen LogP contribution in [0, 0.1) is 5.82 Å². The van der Waals surface area contributed by atoms with Crippen LogP contribution >= 0.6 is 15.9 Å². The van der Waals surface area contributed by atoms with Gasteiger partial charge in [0.05, 0.1) is 6.61 Å². The van der Waals surface area contributed by atoms with E-state index in [0.717, 1.165) is 11.0 Å². The second kappa shape index (κ2) is 6.45. The van der Waals surface area contributed by atoms with Crippen LogP contribution in [0.4, 0.5) is 4.39 Å². The normalized spacial score (nSPS) is 19.2. The van der Waals surface area contributed by atoms with E-state index in [9.17, 15) is 9.18 Å². The van der Waals surface area contributed by atoms with E-state index >= 15 is 0 Å². The van der Waals surface area contributed by atoms with E-state index in [1.807, 2.05) is 0 Å². The van der Waals surface area contributed by atoms with Crippen LogP contribution in [0.2, 0.25) is 0 Å². The highest BCUT2D eigenvalue weighted by Gasteiger charge is 2.25. The van der Waals surface area contributed by atoms with Crippen molar-refractivity contribution in [3.8, 4) is 0 Å². The summed E-state index contributed by atoms with van der Waals surface area (Å²) in [5, 5.41) is 3.10. The van der Waals surface area contributed by atoms with E-state index in [0.29, 0.717) is 18.7 Å². The van der Waals surface area contributed by atoms with Crippen LogP contribution in [-0.4, -0.2) is 43.7 Å². The van der Waals surface area contributed by atoms with Gasteiger partial charge in [-0.2, -0.15) is 0 Å². The lowest BCUT2D eigenvalue weighted by atomic mass is 10.2. The summed E-state index contributed by atoms with van der Waals surface area (Å²) in [6, 6.07) is 4.70. The molecule has 1 fully saturated rings. The fourth-order valence-electron chi connectivity index (χ4n) is 1.97. The Labute approximate surface area is 120 Å². The average molecular weight is 331 g/mol. The van der Waals surface area contributed by atoms with Crippen LogP contribution in [0.1, 0.15) is 5.56 Å². The van der Waals surface area contributed by atoms with Gasteiger partial charge in [-0.15, -0.1) is 0 Å². The standard InChI is InChI=1S/C13H16BrFN2O2/c1-17(13(18)12-7-16-4-5-19-12)8-9-6-10(14)2-3-11(9)15/h2-3,6,12,16H,4-5,7-8H2,1H3. The smallest absolute Gasteiger partial charge is 0.253 e. The lowest BCUT2D eigenvalue weighted by Gasteiger charge is -2.27. The van der Waals surface area contributed by atoms with Gasteiger partial charge in [0, 0.05) is 36.7 Å². The van der Waals surface area contributed by atoms with Gasteiger partial charge in [0.25, 0.3) is 5.91 Å². The number of hydrogen-bond acceptors (Lipinski definition) is 3. The molecule has 1 unspecified atom stereocenters.